The third kappa shape index (κ3) is 7.20. The van der Waals surface area contributed by atoms with Gasteiger partial charge >= 0.3 is 0 Å². The van der Waals surface area contributed by atoms with Crippen molar-refractivity contribution in [3.05, 3.63) is 95.6 Å². The number of aromatic hydroxyl groups is 1. The number of thiocarbonyl (C=S) groups is 1. The van der Waals surface area contributed by atoms with Gasteiger partial charge in [-0.1, -0.05) is 54.6 Å². The monoisotopic (exact) mass is 432 g/mol. The van der Waals surface area contributed by atoms with Crippen LogP contribution < -0.4 is 10.1 Å². The van der Waals surface area contributed by atoms with E-state index in [0.717, 1.165) is 43.0 Å². The van der Waals surface area contributed by atoms with Crippen LogP contribution in [0.25, 0.3) is 0 Å². The Morgan fingerprint density at radius 1 is 1.03 bits per heavy atom. The van der Waals surface area contributed by atoms with Gasteiger partial charge in [-0.3, -0.25) is 0 Å². The van der Waals surface area contributed by atoms with Crippen molar-refractivity contribution >= 4 is 17.3 Å². The van der Waals surface area contributed by atoms with E-state index >= 15 is 0 Å². The van der Waals surface area contributed by atoms with Crippen molar-refractivity contribution in [2.24, 2.45) is 0 Å². The van der Waals surface area contributed by atoms with Crippen molar-refractivity contribution < 1.29 is 9.84 Å². The summed E-state index contributed by atoms with van der Waals surface area (Å²) < 4.78 is 5.26. The molecular formula is C26H28N2O2S. The number of hydrogen-bond donors (Lipinski definition) is 2. The van der Waals surface area contributed by atoms with Gasteiger partial charge in [0.1, 0.15) is 0 Å². The molecule has 0 aliphatic carbocycles. The Bertz CT molecular complexity index is 948. The van der Waals surface area contributed by atoms with Gasteiger partial charge in [0, 0.05) is 19.6 Å². The minimum absolute atomic E-state index is 0.137. The highest BCUT2D eigenvalue weighted by Gasteiger charge is 2.12. The van der Waals surface area contributed by atoms with E-state index in [9.17, 15) is 5.11 Å². The quantitative estimate of drug-likeness (QED) is 0.460. The molecule has 0 spiro atoms. The average molecular weight is 433 g/mol. The van der Waals surface area contributed by atoms with Crippen molar-refractivity contribution in [3.8, 4) is 11.5 Å². The molecule has 4 nitrogen and oxygen atoms in total. The molecule has 0 aromatic heterocycles. The summed E-state index contributed by atoms with van der Waals surface area (Å²) in [5.41, 5.74) is 3.56. The van der Waals surface area contributed by atoms with E-state index < -0.39 is 0 Å². The largest absolute Gasteiger partial charge is 0.504 e. The summed E-state index contributed by atoms with van der Waals surface area (Å²) in [6, 6.07) is 27.7. The number of hydrogen-bond acceptors (Lipinski definition) is 3. The molecule has 2 N–H and O–H groups in total. The molecule has 5 heteroatoms. The lowest BCUT2D eigenvalue weighted by Gasteiger charge is -2.26. The van der Waals surface area contributed by atoms with Crippen LogP contribution in [-0.4, -0.2) is 35.3 Å². The molecule has 0 aliphatic heterocycles. The number of ether oxygens (including phenoxy) is 1. The van der Waals surface area contributed by atoms with Crippen molar-refractivity contribution in [1.82, 2.24) is 10.2 Å². The first-order valence-corrected chi connectivity index (χ1v) is 10.9. The van der Waals surface area contributed by atoms with Crippen LogP contribution >= 0.6 is 12.2 Å². The Morgan fingerprint density at radius 2 is 1.87 bits per heavy atom. The summed E-state index contributed by atoms with van der Waals surface area (Å²) in [5.74, 6) is 0.606. The van der Waals surface area contributed by atoms with E-state index in [4.69, 9.17) is 17.0 Å². The van der Waals surface area contributed by atoms with Gasteiger partial charge < -0.3 is 20.1 Å². The van der Waals surface area contributed by atoms with Gasteiger partial charge in [-0.05, 0) is 72.4 Å². The van der Waals surface area contributed by atoms with E-state index in [-0.39, 0.29) is 5.75 Å². The summed E-state index contributed by atoms with van der Waals surface area (Å²) in [5, 5.41) is 14.0. The Balaban J connectivity index is 1.61. The maximum absolute atomic E-state index is 9.89. The molecule has 0 amide bonds. The molecule has 31 heavy (non-hydrogen) atoms. The van der Waals surface area contributed by atoms with Crippen molar-refractivity contribution in [3.63, 3.8) is 0 Å². The van der Waals surface area contributed by atoms with E-state index in [0.29, 0.717) is 12.3 Å². The number of nitrogens with zero attached hydrogens (tertiary/aromatic N) is 1. The first-order chi connectivity index (χ1) is 15.2. The summed E-state index contributed by atoms with van der Waals surface area (Å²) in [6.07, 6.45) is 2.83. The number of aryl methyl sites for hydroxylation is 1. The molecule has 0 fully saturated rings. The van der Waals surface area contributed by atoms with E-state index in [1.807, 2.05) is 30.3 Å². The Morgan fingerprint density at radius 3 is 2.61 bits per heavy atom. The summed E-state index contributed by atoms with van der Waals surface area (Å²) in [4.78, 5) is 2.17. The lowest BCUT2D eigenvalue weighted by Crippen LogP contribution is -2.40. The van der Waals surface area contributed by atoms with Crippen molar-refractivity contribution in [1.29, 1.82) is 0 Å². The number of nitrogens with one attached hydrogen (secondary N) is 1. The van der Waals surface area contributed by atoms with E-state index in [2.05, 4.69) is 52.7 Å². The minimum atomic E-state index is 0.137. The van der Waals surface area contributed by atoms with Gasteiger partial charge in [-0.2, -0.15) is 0 Å². The maximum Gasteiger partial charge on any atom is 0.169 e. The highest BCUT2D eigenvalue weighted by molar-refractivity contribution is 7.80. The molecule has 160 valence electrons. The van der Waals surface area contributed by atoms with Crippen LogP contribution in [0, 0.1) is 12.1 Å². The predicted octanol–water partition coefficient (Wildman–Crippen LogP) is 4.55. The second-order valence-corrected chi connectivity index (χ2v) is 7.73. The van der Waals surface area contributed by atoms with Crippen LogP contribution in [0.3, 0.4) is 0 Å². The molecule has 3 rings (SSSR count). The topological polar surface area (TPSA) is 44.7 Å². The van der Waals surface area contributed by atoms with E-state index in [1.165, 1.54) is 11.1 Å². The molecule has 0 atom stereocenters. The highest BCUT2D eigenvalue weighted by Crippen LogP contribution is 2.27. The van der Waals surface area contributed by atoms with Gasteiger partial charge in [-0.25, -0.2) is 0 Å². The summed E-state index contributed by atoms with van der Waals surface area (Å²) in [6.45, 7) is 2.24. The number of benzene rings is 2. The fraction of sp³-hybridized carbons (Fsp3) is 0.269. The standard InChI is InChI=1S/C26H28N2O2S/c1-30-25-19-23(14-15-24(25)29)20-28(18-8-13-21-9-4-2-5-10-21)26(31)27-17-16-22-11-6-3-7-12-22/h3-4,6-7,9-12,14-15,19,29H,8,13,16-18,20H2,1H3,(H,27,31). The van der Waals surface area contributed by atoms with Gasteiger partial charge in [0.2, 0.25) is 0 Å². The van der Waals surface area contributed by atoms with Crippen molar-refractivity contribution in [2.45, 2.75) is 25.8 Å². The molecule has 0 aliphatic rings. The molecule has 0 unspecified atom stereocenters. The van der Waals surface area contributed by atoms with Crippen LogP contribution in [-0.2, 0) is 19.4 Å². The predicted molar refractivity (Wildman–Crippen MR) is 128 cm³/mol. The lowest BCUT2D eigenvalue weighted by molar-refractivity contribution is 0.368. The maximum atomic E-state index is 9.89. The average Bonchev–Trinajstić information content (AvgIpc) is 2.81. The molecule has 0 heterocycles. The molecule has 0 radical (unpaired) electrons. The lowest BCUT2D eigenvalue weighted by atomic mass is 10.1. The fourth-order valence-electron chi connectivity index (χ4n) is 3.37. The van der Waals surface area contributed by atoms with Crippen LogP contribution in [0.1, 0.15) is 23.1 Å². The molecule has 3 aromatic carbocycles. The molecule has 3 aromatic rings. The Labute approximate surface area is 190 Å². The molecular weight excluding hydrogens is 404 g/mol. The van der Waals surface area contributed by atoms with Gasteiger partial charge in [0.05, 0.1) is 7.11 Å². The number of phenolic OH excluding ortho intramolecular Hbond substituents is 1. The number of phenols is 1. The first-order valence-electron chi connectivity index (χ1n) is 10.4. The Hall–Kier alpha value is -3.23. The third-order valence-electron chi connectivity index (χ3n) is 5.05. The fourth-order valence-corrected chi connectivity index (χ4v) is 3.63. The van der Waals surface area contributed by atoms with Gasteiger partial charge in [0.15, 0.2) is 16.6 Å². The minimum Gasteiger partial charge on any atom is -0.504 e. The number of rotatable bonds is 10. The van der Waals surface area contributed by atoms with E-state index in [1.54, 1.807) is 13.2 Å². The van der Waals surface area contributed by atoms with Crippen LogP contribution in [0.2, 0.25) is 0 Å². The van der Waals surface area contributed by atoms with Crippen molar-refractivity contribution in [2.75, 3.05) is 20.2 Å². The second-order valence-electron chi connectivity index (χ2n) is 7.34. The zero-order valence-corrected chi connectivity index (χ0v) is 18.6. The second kappa shape index (κ2) is 11.8. The smallest absolute Gasteiger partial charge is 0.169 e. The zero-order valence-electron chi connectivity index (χ0n) is 17.8. The van der Waals surface area contributed by atoms with Crippen LogP contribution in [0.15, 0.2) is 66.7 Å². The highest BCUT2D eigenvalue weighted by atomic mass is 32.1. The normalized spacial score (nSPS) is 10.2. The van der Waals surface area contributed by atoms with Gasteiger partial charge in [0.25, 0.3) is 0 Å². The molecule has 0 saturated heterocycles. The number of methoxy groups -OCH3 is 1. The third-order valence-corrected chi connectivity index (χ3v) is 5.46. The zero-order chi connectivity index (χ0) is 21.9. The van der Waals surface area contributed by atoms with Crippen LogP contribution in [0.5, 0.6) is 11.5 Å². The Kier molecular flexibility index (Phi) is 8.57. The SMILES string of the molecule is COc1cc(CN(CCCc2cc#ccc2)C(=S)NCCc2ccccc2)ccc1O. The van der Waals surface area contributed by atoms with Gasteiger partial charge in [-0.15, -0.1) is 0 Å². The summed E-state index contributed by atoms with van der Waals surface area (Å²) >= 11 is 5.73. The molecule has 0 bridgehead atoms. The molecule has 0 saturated carbocycles. The van der Waals surface area contributed by atoms with Crippen LogP contribution in [0.4, 0.5) is 0 Å². The first kappa shape index (κ1) is 22.5. The summed E-state index contributed by atoms with van der Waals surface area (Å²) in [7, 11) is 1.56.